The molecule has 0 spiro atoms. The molecule has 0 saturated carbocycles. The number of halogens is 1. The van der Waals surface area contributed by atoms with Gasteiger partial charge in [0.2, 0.25) is 0 Å². The second kappa shape index (κ2) is 3.85. The Balaban J connectivity index is 2.40. The van der Waals surface area contributed by atoms with Gasteiger partial charge in [0.15, 0.2) is 11.4 Å². The van der Waals surface area contributed by atoms with Gasteiger partial charge in [0, 0.05) is 18.2 Å². The molecule has 0 N–H and O–H groups in total. The highest BCUT2D eigenvalue weighted by Crippen LogP contribution is 2.21. The van der Waals surface area contributed by atoms with Crippen LogP contribution in [0.15, 0.2) is 28.9 Å². The molecule has 0 aliphatic heterocycles. The van der Waals surface area contributed by atoms with Crippen LogP contribution in [0, 0.1) is 5.82 Å². The summed E-state index contributed by atoms with van der Waals surface area (Å²) in [4.78, 5) is 11.2. The molecule has 0 fully saturated rings. The zero-order valence-corrected chi connectivity index (χ0v) is 8.42. The quantitative estimate of drug-likeness (QED) is 0.772. The van der Waals surface area contributed by atoms with Gasteiger partial charge in [-0.1, -0.05) is 6.92 Å². The third-order valence-electron chi connectivity index (χ3n) is 2.36. The predicted octanol–water partition coefficient (Wildman–Crippen LogP) is 3.09. The van der Waals surface area contributed by atoms with Gasteiger partial charge in [-0.15, -0.1) is 0 Å². The number of carbonyl (C=O) groups is 1. The van der Waals surface area contributed by atoms with Crippen LogP contribution < -0.4 is 0 Å². The molecule has 2 aromatic rings. The number of fused-ring (bicyclic) bond motifs is 1. The third kappa shape index (κ3) is 1.91. The van der Waals surface area contributed by atoms with Crippen molar-refractivity contribution in [3.8, 4) is 0 Å². The number of ketones is 1. The standard InChI is InChI=1S/C12H11FO2/c1-2-10(14)6-8-5-9-3-4-15-12(9)11(13)7-8/h3-5,7H,2,6H2,1H3. The molecular formula is C12H11FO2. The molecule has 0 radical (unpaired) electrons. The lowest BCUT2D eigenvalue weighted by Crippen LogP contribution is -2.00. The van der Waals surface area contributed by atoms with Crippen molar-refractivity contribution in [2.75, 3.05) is 0 Å². The van der Waals surface area contributed by atoms with E-state index >= 15 is 0 Å². The van der Waals surface area contributed by atoms with Crippen molar-refractivity contribution in [3.05, 3.63) is 35.8 Å². The fourth-order valence-electron chi connectivity index (χ4n) is 1.55. The Morgan fingerprint density at radius 2 is 2.27 bits per heavy atom. The molecule has 0 atom stereocenters. The second-order valence-electron chi connectivity index (χ2n) is 3.49. The smallest absolute Gasteiger partial charge is 0.169 e. The van der Waals surface area contributed by atoms with E-state index in [0.29, 0.717) is 17.4 Å². The average molecular weight is 206 g/mol. The molecule has 1 aromatic heterocycles. The van der Waals surface area contributed by atoms with Crippen LogP contribution in [-0.4, -0.2) is 5.78 Å². The largest absolute Gasteiger partial charge is 0.461 e. The summed E-state index contributed by atoms with van der Waals surface area (Å²) in [7, 11) is 0. The van der Waals surface area contributed by atoms with Crippen LogP contribution in [0.5, 0.6) is 0 Å². The molecule has 0 aliphatic carbocycles. The zero-order valence-electron chi connectivity index (χ0n) is 8.42. The fraction of sp³-hybridized carbons (Fsp3) is 0.250. The number of rotatable bonds is 3. The van der Waals surface area contributed by atoms with Crippen molar-refractivity contribution >= 4 is 16.8 Å². The molecule has 3 heteroatoms. The van der Waals surface area contributed by atoms with Crippen molar-refractivity contribution < 1.29 is 13.6 Å². The molecule has 1 heterocycles. The molecule has 0 saturated heterocycles. The van der Waals surface area contributed by atoms with E-state index in [9.17, 15) is 9.18 Å². The van der Waals surface area contributed by atoms with E-state index in [1.807, 2.05) is 0 Å². The molecule has 0 unspecified atom stereocenters. The van der Waals surface area contributed by atoms with Crippen LogP contribution in [0.2, 0.25) is 0 Å². The van der Waals surface area contributed by atoms with Crippen molar-refractivity contribution in [1.82, 2.24) is 0 Å². The molecule has 0 amide bonds. The monoisotopic (exact) mass is 206 g/mol. The fourth-order valence-corrected chi connectivity index (χ4v) is 1.55. The Bertz CT molecular complexity index is 499. The van der Waals surface area contributed by atoms with Crippen LogP contribution in [0.1, 0.15) is 18.9 Å². The molecule has 0 aliphatic rings. The highest BCUT2D eigenvalue weighted by atomic mass is 19.1. The topological polar surface area (TPSA) is 30.2 Å². The zero-order chi connectivity index (χ0) is 10.8. The Morgan fingerprint density at radius 3 is 3.00 bits per heavy atom. The minimum atomic E-state index is -0.406. The third-order valence-corrected chi connectivity index (χ3v) is 2.36. The molecule has 78 valence electrons. The van der Waals surface area contributed by atoms with Crippen molar-refractivity contribution in [2.45, 2.75) is 19.8 Å². The second-order valence-corrected chi connectivity index (χ2v) is 3.49. The number of furan rings is 1. The van der Waals surface area contributed by atoms with Gasteiger partial charge in [-0.2, -0.15) is 0 Å². The minimum Gasteiger partial charge on any atom is -0.461 e. The number of Topliss-reactive ketones (excluding diaryl/α,β-unsaturated/α-hetero) is 1. The highest BCUT2D eigenvalue weighted by Gasteiger charge is 2.08. The van der Waals surface area contributed by atoms with Gasteiger partial charge in [0.1, 0.15) is 5.78 Å². The summed E-state index contributed by atoms with van der Waals surface area (Å²) in [5.41, 5.74) is 0.955. The Morgan fingerprint density at radius 1 is 1.47 bits per heavy atom. The normalized spacial score (nSPS) is 10.8. The maximum absolute atomic E-state index is 13.4. The van der Waals surface area contributed by atoms with Crippen molar-refractivity contribution in [1.29, 1.82) is 0 Å². The Labute approximate surface area is 86.7 Å². The lowest BCUT2D eigenvalue weighted by atomic mass is 10.1. The van der Waals surface area contributed by atoms with Gasteiger partial charge in [-0.05, 0) is 23.8 Å². The SMILES string of the molecule is CCC(=O)Cc1cc(F)c2occc2c1. The number of hydrogen-bond acceptors (Lipinski definition) is 2. The first kappa shape index (κ1) is 9.90. The van der Waals surface area contributed by atoms with Gasteiger partial charge in [-0.25, -0.2) is 4.39 Å². The van der Waals surface area contributed by atoms with Gasteiger partial charge >= 0.3 is 0 Å². The molecule has 2 nitrogen and oxygen atoms in total. The summed E-state index contributed by atoms with van der Waals surface area (Å²) in [6, 6.07) is 4.84. The highest BCUT2D eigenvalue weighted by molar-refractivity contribution is 5.83. The van der Waals surface area contributed by atoms with Crippen LogP contribution in [0.4, 0.5) is 4.39 Å². The first-order valence-corrected chi connectivity index (χ1v) is 4.88. The molecule has 0 bridgehead atoms. The predicted molar refractivity (Wildman–Crippen MR) is 55.2 cm³/mol. The van der Waals surface area contributed by atoms with E-state index in [4.69, 9.17) is 4.42 Å². The van der Waals surface area contributed by atoms with E-state index in [0.717, 1.165) is 0 Å². The van der Waals surface area contributed by atoms with Crippen molar-refractivity contribution in [3.63, 3.8) is 0 Å². The maximum Gasteiger partial charge on any atom is 0.169 e. The molecule has 1 aromatic carbocycles. The number of carbonyl (C=O) groups excluding carboxylic acids is 1. The number of hydrogen-bond donors (Lipinski definition) is 0. The van der Waals surface area contributed by atoms with Gasteiger partial charge in [-0.3, -0.25) is 4.79 Å². The minimum absolute atomic E-state index is 0.109. The van der Waals surface area contributed by atoms with Crippen molar-refractivity contribution in [2.24, 2.45) is 0 Å². The van der Waals surface area contributed by atoms with E-state index < -0.39 is 5.82 Å². The molecule has 15 heavy (non-hydrogen) atoms. The summed E-state index contributed by atoms with van der Waals surface area (Å²) in [5, 5.41) is 0.703. The number of benzene rings is 1. The summed E-state index contributed by atoms with van der Waals surface area (Å²) in [6.07, 6.45) is 2.21. The van der Waals surface area contributed by atoms with Gasteiger partial charge in [0.25, 0.3) is 0 Å². The molecular weight excluding hydrogens is 195 g/mol. The van der Waals surface area contributed by atoms with Gasteiger partial charge < -0.3 is 4.42 Å². The summed E-state index contributed by atoms with van der Waals surface area (Å²) >= 11 is 0. The van der Waals surface area contributed by atoms with Crippen LogP contribution in [0.3, 0.4) is 0 Å². The van der Waals surface area contributed by atoms with Crippen LogP contribution in [0.25, 0.3) is 11.0 Å². The summed E-state index contributed by atoms with van der Waals surface area (Å²) < 4.78 is 18.4. The summed E-state index contributed by atoms with van der Waals surface area (Å²) in [5.74, 6) is -0.298. The molecule has 2 rings (SSSR count). The lowest BCUT2D eigenvalue weighted by Gasteiger charge is -2.00. The van der Waals surface area contributed by atoms with Gasteiger partial charge in [0.05, 0.1) is 6.26 Å². The average Bonchev–Trinajstić information content (AvgIpc) is 2.66. The summed E-state index contributed by atoms with van der Waals surface area (Å²) in [6.45, 7) is 1.80. The van der Waals surface area contributed by atoms with Crippen LogP contribution in [-0.2, 0) is 11.2 Å². The maximum atomic E-state index is 13.4. The first-order chi connectivity index (χ1) is 7.20. The van der Waals surface area contributed by atoms with E-state index in [2.05, 4.69) is 0 Å². The van der Waals surface area contributed by atoms with E-state index in [-0.39, 0.29) is 17.8 Å². The Kier molecular flexibility index (Phi) is 2.54. The van der Waals surface area contributed by atoms with E-state index in [1.54, 1.807) is 19.1 Å². The lowest BCUT2D eigenvalue weighted by molar-refractivity contribution is -0.118. The van der Waals surface area contributed by atoms with E-state index in [1.165, 1.54) is 12.3 Å². The Hall–Kier alpha value is -1.64. The first-order valence-electron chi connectivity index (χ1n) is 4.88. The van der Waals surface area contributed by atoms with Crippen LogP contribution >= 0.6 is 0 Å².